The first kappa shape index (κ1) is 22.6. The zero-order chi connectivity index (χ0) is 23.1. The number of fused-ring (bicyclic) bond motifs is 1. The SMILES string of the molecule is CC1CN(c2nc3ccccn3c(=O)c2C=C2SC(=S)N(C3CCCCC3)C2=O)CC(C)O1. The van der Waals surface area contributed by atoms with E-state index in [1.165, 1.54) is 22.6 Å². The Morgan fingerprint density at radius 2 is 1.85 bits per heavy atom. The Morgan fingerprint density at radius 1 is 1.12 bits per heavy atom. The van der Waals surface area contributed by atoms with Crippen molar-refractivity contribution in [3.63, 3.8) is 0 Å². The Bertz CT molecular complexity index is 1180. The maximum Gasteiger partial charge on any atom is 0.267 e. The molecule has 9 heteroatoms. The molecular formula is C24H28N4O3S2. The molecule has 174 valence electrons. The molecule has 33 heavy (non-hydrogen) atoms. The van der Waals surface area contributed by atoms with E-state index >= 15 is 0 Å². The minimum absolute atomic E-state index is 0.0159. The molecule has 2 aliphatic heterocycles. The van der Waals surface area contributed by atoms with Crippen LogP contribution in [0.25, 0.3) is 11.7 Å². The van der Waals surface area contributed by atoms with Gasteiger partial charge in [-0.2, -0.15) is 0 Å². The maximum atomic E-state index is 13.6. The summed E-state index contributed by atoms with van der Waals surface area (Å²) >= 11 is 6.88. The molecule has 3 aliphatic rings. The van der Waals surface area contributed by atoms with Crippen LogP contribution < -0.4 is 10.5 Å². The Kier molecular flexibility index (Phi) is 6.28. The third-order valence-corrected chi connectivity index (χ3v) is 7.84. The van der Waals surface area contributed by atoms with E-state index in [-0.39, 0.29) is 29.7 Å². The smallest absolute Gasteiger partial charge is 0.267 e. The van der Waals surface area contributed by atoms with Crippen molar-refractivity contribution in [2.24, 2.45) is 0 Å². The van der Waals surface area contributed by atoms with Crippen LogP contribution in [0.2, 0.25) is 0 Å². The number of hydrogen-bond acceptors (Lipinski definition) is 7. The quantitative estimate of drug-likeness (QED) is 0.484. The van der Waals surface area contributed by atoms with Gasteiger partial charge in [0.25, 0.3) is 11.5 Å². The van der Waals surface area contributed by atoms with Gasteiger partial charge in [-0.1, -0.05) is 49.3 Å². The molecule has 2 aromatic rings. The number of aromatic nitrogens is 2. The summed E-state index contributed by atoms with van der Waals surface area (Å²) in [5.74, 6) is 0.500. The first-order valence-electron chi connectivity index (χ1n) is 11.6. The molecule has 0 radical (unpaired) electrons. The van der Waals surface area contributed by atoms with Gasteiger partial charge in [-0.25, -0.2) is 4.98 Å². The van der Waals surface area contributed by atoms with Gasteiger partial charge in [-0.15, -0.1) is 0 Å². The van der Waals surface area contributed by atoms with E-state index in [9.17, 15) is 9.59 Å². The van der Waals surface area contributed by atoms with Gasteiger partial charge in [0.15, 0.2) is 0 Å². The minimum Gasteiger partial charge on any atom is -0.372 e. The number of carbonyl (C=O) groups excluding carboxylic acids is 1. The second kappa shape index (κ2) is 9.19. The van der Waals surface area contributed by atoms with E-state index in [0.717, 1.165) is 25.7 Å². The average molecular weight is 485 g/mol. The molecule has 1 amide bonds. The Balaban J connectivity index is 1.59. The first-order valence-corrected chi connectivity index (χ1v) is 12.8. The monoisotopic (exact) mass is 484 g/mol. The number of hydrogen-bond donors (Lipinski definition) is 0. The van der Waals surface area contributed by atoms with Gasteiger partial charge in [-0.05, 0) is 44.9 Å². The van der Waals surface area contributed by atoms with Crippen molar-refractivity contribution < 1.29 is 9.53 Å². The Hall–Kier alpha value is -2.23. The summed E-state index contributed by atoms with van der Waals surface area (Å²) in [5.41, 5.74) is 0.811. The molecule has 0 spiro atoms. The van der Waals surface area contributed by atoms with Crippen molar-refractivity contribution in [1.82, 2.24) is 14.3 Å². The minimum atomic E-state index is -0.190. The van der Waals surface area contributed by atoms with Crippen LogP contribution in [0.3, 0.4) is 0 Å². The second-order valence-corrected chi connectivity index (χ2v) is 10.8. The van der Waals surface area contributed by atoms with Crippen LogP contribution in [0.1, 0.15) is 51.5 Å². The lowest BCUT2D eigenvalue weighted by Crippen LogP contribution is -2.46. The highest BCUT2D eigenvalue weighted by Crippen LogP contribution is 2.38. The summed E-state index contributed by atoms with van der Waals surface area (Å²) in [4.78, 5) is 36.2. The lowest BCUT2D eigenvalue weighted by atomic mass is 9.94. The van der Waals surface area contributed by atoms with Crippen molar-refractivity contribution in [2.75, 3.05) is 18.0 Å². The van der Waals surface area contributed by atoms with E-state index < -0.39 is 0 Å². The Morgan fingerprint density at radius 3 is 2.58 bits per heavy atom. The molecule has 0 bridgehead atoms. The van der Waals surface area contributed by atoms with E-state index in [1.54, 1.807) is 23.2 Å². The number of nitrogens with zero attached hydrogens (tertiary/aromatic N) is 4. The summed E-state index contributed by atoms with van der Waals surface area (Å²) in [6.45, 7) is 5.30. The maximum absolute atomic E-state index is 13.6. The Labute approximate surface area is 202 Å². The van der Waals surface area contributed by atoms with Gasteiger partial charge in [0, 0.05) is 25.3 Å². The molecule has 1 saturated carbocycles. The number of thioether (sulfide) groups is 1. The molecule has 7 nitrogen and oxygen atoms in total. The second-order valence-electron chi connectivity index (χ2n) is 9.09. The van der Waals surface area contributed by atoms with E-state index in [4.69, 9.17) is 21.9 Å². The third kappa shape index (κ3) is 4.34. The number of pyridine rings is 1. The first-order chi connectivity index (χ1) is 15.9. The van der Waals surface area contributed by atoms with E-state index in [2.05, 4.69) is 4.90 Å². The standard InChI is InChI=1S/C24H28N4O3S2/c1-15-13-26(14-16(2)31-15)21-18(22(29)27-11-7-6-10-20(27)25-21)12-19-23(30)28(24(32)33-19)17-8-4-3-5-9-17/h6-7,10-12,15-17H,3-5,8-9,13-14H2,1-2H3. The van der Waals surface area contributed by atoms with Crippen LogP contribution in [0.5, 0.6) is 0 Å². The van der Waals surface area contributed by atoms with Crippen LogP contribution in [0.4, 0.5) is 5.82 Å². The molecule has 2 atom stereocenters. The van der Waals surface area contributed by atoms with Crippen molar-refractivity contribution in [3.05, 3.63) is 45.2 Å². The number of rotatable bonds is 3. The summed E-state index contributed by atoms with van der Waals surface area (Å²) in [7, 11) is 0. The van der Waals surface area contributed by atoms with Crippen molar-refractivity contribution in [3.8, 4) is 0 Å². The zero-order valence-corrected chi connectivity index (χ0v) is 20.5. The lowest BCUT2D eigenvalue weighted by Gasteiger charge is -2.36. The van der Waals surface area contributed by atoms with Crippen molar-refractivity contribution in [2.45, 2.75) is 64.2 Å². The predicted octanol–water partition coefficient (Wildman–Crippen LogP) is 3.84. The number of ether oxygens (including phenoxy) is 1. The highest BCUT2D eigenvalue weighted by atomic mass is 32.2. The zero-order valence-electron chi connectivity index (χ0n) is 18.9. The van der Waals surface area contributed by atoms with Crippen molar-refractivity contribution in [1.29, 1.82) is 0 Å². The van der Waals surface area contributed by atoms with Crippen LogP contribution in [0.15, 0.2) is 34.1 Å². The van der Waals surface area contributed by atoms with E-state index in [1.807, 2.05) is 26.0 Å². The molecule has 2 aromatic heterocycles. The van der Waals surface area contributed by atoms with E-state index in [0.29, 0.717) is 39.3 Å². The van der Waals surface area contributed by atoms with Gasteiger partial charge in [0.05, 0.1) is 22.7 Å². The van der Waals surface area contributed by atoms with Gasteiger partial charge >= 0.3 is 0 Å². The number of morpholine rings is 1. The topological polar surface area (TPSA) is 67.2 Å². The van der Waals surface area contributed by atoms with Gasteiger partial charge in [-0.3, -0.25) is 18.9 Å². The lowest BCUT2D eigenvalue weighted by molar-refractivity contribution is -0.124. The molecular weight excluding hydrogens is 456 g/mol. The molecule has 4 heterocycles. The summed E-state index contributed by atoms with van der Waals surface area (Å²) in [5, 5.41) is 0. The van der Waals surface area contributed by atoms with Gasteiger partial charge < -0.3 is 9.64 Å². The fourth-order valence-corrected chi connectivity index (χ4v) is 6.46. The summed E-state index contributed by atoms with van der Waals surface area (Å²) in [6.07, 6.45) is 8.86. The molecule has 2 saturated heterocycles. The predicted molar refractivity (Wildman–Crippen MR) is 136 cm³/mol. The summed E-state index contributed by atoms with van der Waals surface area (Å²) < 4.78 is 8.01. The van der Waals surface area contributed by atoms with Crippen LogP contribution in [0, 0.1) is 0 Å². The number of carbonyl (C=O) groups is 1. The molecule has 2 unspecified atom stereocenters. The van der Waals surface area contributed by atoms with Gasteiger partial charge in [0.2, 0.25) is 0 Å². The number of anilines is 1. The molecule has 1 aliphatic carbocycles. The average Bonchev–Trinajstić information content (AvgIpc) is 3.08. The molecule has 0 aromatic carbocycles. The molecule has 5 rings (SSSR count). The fraction of sp³-hybridized carbons (Fsp3) is 0.500. The normalized spacial score (nSPS) is 26.1. The summed E-state index contributed by atoms with van der Waals surface area (Å²) in [6, 6.07) is 5.66. The number of thiocarbonyl (C=S) groups is 1. The molecule has 0 N–H and O–H groups in total. The fourth-order valence-electron chi connectivity index (χ4n) is 5.07. The highest BCUT2D eigenvalue weighted by Gasteiger charge is 2.38. The van der Waals surface area contributed by atoms with Crippen LogP contribution >= 0.6 is 24.0 Å². The van der Waals surface area contributed by atoms with Crippen molar-refractivity contribution >= 4 is 51.7 Å². The van der Waals surface area contributed by atoms with Gasteiger partial charge in [0.1, 0.15) is 15.8 Å². The number of amides is 1. The highest BCUT2D eigenvalue weighted by molar-refractivity contribution is 8.26. The van der Waals surface area contributed by atoms with Crippen LogP contribution in [-0.4, -0.2) is 55.9 Å². The largest absolute Gasteiger partial charge is 0.372 e. The third-order valence-electron chi connectivity index (χ3n) is 6.51. The van der Waals surface area contributed by atoms with Crippen LogP contribution in [-0.2, 0) is 9.53 Å². The molecule has 3 fully saturated rings.